The number of pyridine rings is 1. The highest BCUT2D eigenvalue weighted by Gasteiger charge is 2.27. The molecule has 2 aliphatic heterocycles. The highest BCUT2D eigenvalue weighted by molar-refractivity contribution is 6.30. The van der Waals surface area contributed by atoms with Crippen LogP contribution in [0.15, 0.2) is 24.5 Å². The van der Waals surface area contributed by atoms with Crippen molar-refractivity contribution in [3.63, 3.8) is 0 Å². The van der Waals surface area contributed by atoms with Crippen molar-refractivity contribution >= 4 is 17.2 Å². The number of likely N-dealkylation sites (tertiary alicyclic amines) is 1. The minimum Gasteiger partial charge on any atom is -0.312 e. The fraction of sp³-hybridized carbons (Fsp3) is 0.500. The average Bonchev–Trinajstić information content (AvgIpc) is 3.25. The number of halogens is 1. The molecule has 5 rings (SSSR count). The Balaban J connectivity index is 1.24. The monoisotopic (exact) mass is 371 g/mol. The zero-order valence-corrected chi connectivity index (χ0v) is 15.4. The van der Waals surface area contributed by atoms with E-state index in [9.17, 15) is 0 Å². The molecule has 2 aliphatic rings. The lowest BCUT2D eigenvalue weighted by Crippen LogP contribution is -2.34. The van der Waals surface area contributed by atoms with Crippen LogP contribution in [0.4, 0.5) is 0 Å². The molecule has 1 N–H and O–H groups in total. The lowest BCUT2D eigenvalue weighted by Gasteiger charge is -2.31. The standard InChI is InChI=1S/C18H22ClN7/c19-14-1-2-16-21-15(12-25(16)10-14)11-24-6-3-13(4-7-24)18-23-22-17-9-20-5-8-26(17)18/h1-2,10,12-13,20H,3-9,11H2. The van der Waals surface area contributed by atoms with Crippen molar-refractivity contribution in [2.24, 2.45) is 0 Å². The summed E-state index contributed by atoms with van der Waals surface area (Å²) < 4.78 is 4.32. The van der Waals surface area contributed by atoms with Gasteiger partial charge in [-0.15, -0.1) is 10.2 Å². The van der Waals surface area contributed by atoms with Crippen LogP contribution in [0.1, 0.15) is 36.1 Å². The summed E-state index contributed by atoms with van der Waals surface area (Å²) in [4.78, 5) is 7.18. The summed E-state index contributed by atoms with van der Waals surface area (Å²) >= 11 is 6.06. The van der Waals surface area contributed by atoms with Crippen molar-refractivity contribution in [1.29, 1.82) is 0 Å². The minimum absolute atomic E-state index is 0.519. The van der Waals surface area contributed by atoms with Gasteiger partial charge in [0.15, 0.2) is 0 Å². The molecule has 0 bridgehead atoms. The first-order chi connectivity index (χ1) is 12.8. The van der Waals surface area contributed by atoms with Gasteiger partial charge in [0.25, 0.3) is 0 Å². The number of fused-ring (bicyclic) bond motifs is 2. The summed E-state index contributed by atoms with van der Waals surface area (Å²) in [6.07, 6.45) is 6.24. The van der Waals surface area contributed by atoms with Crippen molar-refractivity contribution in [2.45, 2.75) is 38.4 Å². The van der Waals surface area contributed by atoms with E-state index in [0.717, 1.165) is 74.3 Å². The Kier molecular flexibility index (Phi) is 4.15. The maximum atomic E-state index is 6.06. The molecule has 136 valence electrons. The first kappa shape index (κ1) is 16.2. The number of nitrogens with one attached hydrogen (secondary N) is 1. The lowest BCUT2D eigenvalue weighted by atomic mass is 9.95. The Bertz CT molecular complexity index is 923. The van der Waals surface area contributed by atoms with Crippen LogP contribution in [0.25, 0.3) is 5.65 Å². The molecule has 0 spiro atoms. The number of hydrogen-bond donors (Lipinski definition) is 1. The topological polar surface area (TPSA) is 63.3 Å². The molecule has 0 aliphatic carbocycles. The van der Waals surface area contributed by atoms with Crippen LogP contribution in [-0.2, 0) is 19.6 Å². The van der Waals surface area contributed by atoms with E-state index in [-0.39, 0.29) is 0 Å². The van der Waals surface area contributed by atoms with Gasteiger partial charge in [-0.2, -0.15) is 0 Å². The number of imidazole rings is 1. The summed E-state index contributed by atoms with van der Waals surface area (Å²) in [5.41, 5.74) is 2.04. The fourth-order valence-corrected chi connectivity index (χ4v) is 4.26. The predicted octanol–water partition coefficient (Wildman–Crippen LogP) is 2.06. The largest absolute Gasteiger partial charge is 0.312 e. The Hall–Kier alpha value is -1.96. The van der Waals surface area contributed by atoms with E-state index in [2.05, 4.69) is 31.2 Å². The van der Waals surface area contributed by atoms with Crippen LogP contribution < -0.4 is 5.32 Å². The molecule has 0 atom stereocenters. The highest BCUT2D eigenvalue weighted by Crippen LogP contribution is 2.28. The normalized spacial score (nSPS) is 19.1. The zero-order chi connectivity index (χ0) is 17.5. The SMILES string of the molecule is Clc1ccc2nc(CN3CCC(c4nnc5n4CCNC5)CC3)cn2c1. The van der Waals surface area contributed by atoms with Gasteiger partial charge in [-0.1, -0.05) is 11.6 Å². The average molecular weight is 372 g/mol. The van der Waals surface area contributed by atoms with Gasteiger partial charge in [-0.05, 0) is 38.1 Å². The first-order valence-corrected chi connectivity index (χ1v) is 9.62. The number of aromatic nitrogens is 5. The Morgan fingerprint density at radius 3 is 2.88 bits per heavy atom. The molecule has 26 heavy (non-hydrogen) atoms. The quantitative estimate of drug-likeness (QED) is 0.763. The van der Waals surface area contributed by atoms with Crippen LogP contribution >= 0.6 is 11.6 Å². The third kappa shape index (κ3) is 3.00. The predicted molar refractivity (Wildman–Crippen MR) is 99.2 cm³/mol. The second-order valence-electron chi connectivity index (χ2n) is 7.20. The van der Waals surface area contributed by atoms with E-state index in [0.29, 0.717) is 5.92 Å². The number of rotatable bonds is 3. The molecule has 0 saturated carbocycles. The van der Waals surface area contributed by atoms with Crippen LogP contribution in [0.3, 0.4) is 0 Å². The Labute approximate surface area is 157 Å². The van der Waals surface area contributed by atoms with E-state index < -0.39 is 0 Å². The van der Waals surface area contributed by atoms with Gasteiger partial charge in [0.05, 0.1) is 17.3 Å². The number of hydrogen-bond acceptors (Lipinski definition) is 5. The molecule has 0 unspecified atom stereocenters. The summed E-state index contributed by atoms with van der Waals surface area (Å²) in [6, 6.07) is 3.84. The smallest absolute Gasteiger partial charge is 0.147 e. The summed E-state index contributed by atoms with van der Waals surface area (Å²) in [7, 11) is 0. The van der Waals surface area contributed by atoms with E-state index in [1.54, 1.807) is 0 Å². The Morgan fingerprint density at radius 1 is 1.12 bits per heavy atom. The van der Waals surface area contributed by atoms with Crippen molar-refractivity contribution < 1.29 is 0 Å². The summed E-state index contributed by atoms with van der Waals surface area (Å²) in [6.45, 7) is 5.85. The lowest BCUT2D eigenvalue weighted by molar-refractivity contribution is 0.198. The molecule has 3 aromatic rings. The van der Waals surface area contributed by atoms with E-state index in [4.69, 9.17) is 16.6 Å². The van der Waals surface area contributed by atoms with Gasteiger partial charge < -0.3 is 14.3 Å². The zero-order valence-electron chi connectivity index (χ0n) is 14.6. The molecule has 0 aromatic carbocycles. The van der Waals surface area contributed by atoms with Gasteiger partial charge in [0.1, 0.15) is 17.3 Å². The maximum Gasteiger partial charge on any atom is 0.147 e. The molecule has 1 fully saturated rings. The maximum absolute atomic E-state index is 6.06. The van der Waals surface area contributed by atoms with Gasteiger partial charge >= 0.3 is 0 Å². The van der Waals surface area contributed by atoms with Crippen molar-refractivity contribution in [2.75, 3.05) is 19.6 Å². The number of piperidine rings is 1. The minimum atomic E-state index is 0.519. The first-order valence-electron chi connectivity index (χ1n) is 9.24. The second kappa shape index (κ2) is 6.64. The molecular weight excluding hydrogens is 350 g/mol. The molecule has 0 radical (unpaired) electrons. The van der Waals surface area contributed by atoms with Crippen molar-refractivity contribution in [3.05, 3.63) is 46.9 Å². The van der Waals surface area contributed by atoms with E-state index in [1.807, 2.05) is 22.7 Å². The summed E-state index contributed by atoms with van der Waals surface area (Å²) in [5.74, 6) is 2.78. The molecule has 1 saturated heterocycles. The molecular formula is C18H22ClN7. The van der Waals surface area contributed by atoms with Crippen molar-refractivity contribution in [1.82, 2.24) is 34.4 Å². The second-order valence-corrected chi connectivity index (χ2v) is 7.63. The van der Waals surface area contributed by atoms with Crippen LogP contribution in [-0.4, -0.2) is 48.7 Å². The van der Waals surface area contributed by atoms with Gasteiger partial charge in [0, 0.05) is 37.9 Å². The fourth-order valence-electron chi connectivity index (χ4n) is 4.09. The summed E-state index contributed by atoms with van der Waals surface area (Å²) in [5, 5.41) is 12.9. The number of nitrogens with zero attached hydrogens (tertiary/aromatic N) is 6. The van der Waals surface area contributed by atoms with Crippen LogP contribution in [0.2, 0.25) is 5.02 Å². The van der Waals surface area contributed by atoms with E-state index >= 15 is 0 Å². The third-order valence-electron chi connectivity index (χ3n) is 5.45. The van der Waals surface area contributed by atoms with Crippen LogP contribution in [0.5, 0.6) is 0 Å². The Morgan fingerprint density at radius 2 is 2.00 bits per heavy atom. The molecule has 5 heterocycles. The van der Waals surface area contributed by atoms with Gasteiger partial charge in [-0.25, -0.2) is 4.98 Å². The highest BCUT2D eigenvalue weighted by atomic mass is 35.5. The van der Waals surface area contributed by atoms with Crippen LogP contribution in [0, 0.1) is 0 Å². The molecule has 0 amide bonds. The van der Waals surface area contributed by atoms with Gasteiger partial charge in [-0.3, -0.25) is 4.90 Å². The van der Waals surface area contributed by atoms with Gasteiger partial charge in [0.2, 0.25) is 0 Å². The molecule has 7 nitrogen and oxygen atoms in total. The van der Waals surface area contributed by atoms with Crippen molar-refractivity contribution in [3.8, 4) is 0 Å². The molecule has 8 heteroatoms. The van der Waals surface area contributed by atoms with E-state index in [1.165, 1.54) is 5.82 Å². The third-order valence-corrected chi connectivity index (χ3v) is 5.68. The molecule has 3 aromatic heterocycles.